The summed E-state index contributed by atoms with van der Waals surface area (Å²) in [6, 6.07) is 5.50. The molecule has 1 heterocycles. The summed E-state index contributed by atoms with van der Waals surface area (Å²) in [4.78, 5) is 11.1. The minimum atomic E-state index is -1.12. The predicted molar refractivity (Wildman–Crippen MR) is 64.9 cm³/mol. The van der Waals surface area contributed by atoms with Gasteiger partial charge in [0.2, 0.25) is 0 Å². The molecule has 0 aliphatic rings. The Balaban J connectivity index is 2.59. The van der Waals surface area contributed by atoms with Gasteiger partial charge in [-0.1, -0.05) is 18.5 Å². The van der Waals surface area contributed by atoms with E-state index < -0.39 is 5.97 Å². The van der Waals surface area contributed by atoms with Crippen LogP contribution in [-0.2, 0) is 6.42 Å². The number of rotatable bonds is 3. The molecule has 0 bridgehead atoms. The van der Waals surface area contributed by atoms with E-state index in [1.165, 1.54) is 28.9 Å². The average molecular weight is 269 g/mol. The van der Waals surface area contributed by atoms with Crippen LogP contribution >= 0.6 is 11.6 Å². The minimum Gasteiger partial charge on any atom is -0.478 e. The number of carboxylic acids is 1. The van der Waals surface area contributed by atoms with Gasteiger partial charge in [-0.2, -0.15) is 5.10 Å². The van der Waals surface area contributed by atoms with Crippen LogP contribution in [0.2, 0.25) is 5.15 Å². The summed E-state index contributed by atoms with van der Waals surface area (Å²) in [5, 5.41) is 13.2. The van der Waals surface area contributed by atoms with E-state index in [0.29, 0.717) is 17.8 Å². The monoisotopic (exact) mass is 268 g/mol. The van der Waals surface area contributed by atoms with E-state index >= 15 is 0 Å². The second-order valence-corrected chi connectivity index (χ2v) is 4.02. The maximum absolute atomic E-state index is 12.8. The number of carboxylic acid groups (broad SMARTS) is 1. The fraction of sp³-hybridized carbons (Fsp3) is 0.167. The third-order valence-electron chi connectivity index (χ3n) is 2.52. The van der Waals surface area contributed by atoms with Crippen molar-refractivity contribution >= 4 is 17.6 Å². The van der Waals surface area contributed by atoms with Gasteiger partial charge >= 0.3 is 5.97 Å². The van der Waals surface area contributed by atoms with Crippen molar-refractivity contribution in [3.05, 3.63) is 46.5 Å². The average Bonchev–Trinajstić information content (AvgIpc) is 2.67. The van der Waals surface area contributed by atoms with Crippen molar-refractivity contribution < 1.29 is 14.3 Å². The Morgan fingerprint density at radius 3 is 2.50 bits per heavy atom. The largest absolute Gasteiger partial charge is 0.478 e. The zero-order valence-corrected chi connectivity index (χ0v) is 10.3. The molecular weight excluding hydrogens is 259 g/mol. The number of halogens is 2. The predicted octanol–water partition coefficient (Wildman–Crippen LogP) is 2.93. The highest BCUT2D eigenvalue weighted by Gasteiger charge is 2.21. The van der Waals surface area contributed by atoms with Gasteiger partial charge in [-0.3, -0.25) is 0 Å². The first-order valence-corrected chi connectivity index (χ1v) is 5.69. The molecule has 2 rings (SSSR count). The second kappa shape index (κ2) is 4.78. The molecule has 2 aromatic rings. The van der Waals surface area contributed by atoms with Crippen LogP contribution in [-0.4, -0.2) is 20.9 Å². The molecule has 0 aliphatic heterocycles. The van der Waals surface area contributed by atoms with Crippen LogP contribution in [0.1, 0.15) is 23.0 Å². The zero-order chi connectivity index (χ0) is 13.3. The van der Waals surface area contributed by atoms with Gasteiger partial charge in [-0.15, -0.1) is 0 Å². The van der Waals surface area contributed by atoms with Gasteiger partial charge in [-0.25, -0.2) is 13.9 Å². The van der Waals surface area contributed by atoms with Crippen LogP contribution in [0.15, 0.2) is 24.3 Å². The molecular formula is C12H10ClFN2O2. The Bertz CT molecular complexity index is 593. The molecule has 94 valence electrons. The summed E-state index contributed by atoms with van der Waals surface area (Å²) >= 11 is 6.00. The lowest BCUT2D eigenvalue weighted by molar-refractivity contribution is 0.0696. The minimum absolute atomic E-state index is 0.0107. The molecule has 0 radical (unpaired) electrons. The van der Waals surface area contributed by atoms with E-state index in [-0.39, 0.29) is 16.5 Å². The molecule has 0 fully saturated rings. The van der Waals surface area contributed by atoms with Crippen molar-refractivity contribution in [1.82, 2.24) is 9.78 Å². The summed E-state index contributed by atoms with van der Waals surface area (Å²) in [5.41, 5.74) is 0.906. The molecule has 0 saturated heterocycles. The summed E-state index contributed by atoms with van der Waals surface area (Å²) in [7, 11) is 0. The van der Waals surface area contributed by atoms with Crippen molar-refractivity contribution in [3.63, 3.8) is 0 Å². The molecule has 6 heteroatoms. The summed E-state index contributed by atoms with van der Waals surface area (Å²) < 4.78 is 14.1. The summed E-state index contributed by atoms with van der Waals surface area (Å²) in [5.74, 6) is -1.50. The number of nitrogens with zero attached hydrogens (tertiary/aromatic N) is 2. The van der Waals surface area contributed by atoms with E-state index in [9.17, 15) is 9.18 Å². The Kier molecular flexibility index (Phi) is 3.34. The zero-order valence-electron chi connectivity index (χ0n) is 9.52. The van der Waals surface area contributed by atoms with Crippen LogP contribution in [0.25, 0.3) is 5.69 Å². The van der Waals surface area contributed by atoms with Gasteiger partial charge in [0, 0.05) is 0 Å². The first kappa shape index (κ1) is 12.6. The van der Waals surface area contributed by atoms with Crippen LogP contribution in [0.5, 0.6) is 0 Å². The summed E-state index contributed by atoms with van der Waals surface area (Å²) in [6.07, 6.45) is 0.454. The normalized spacial score (nSPS) is 10.6. The highest BCUT2D eigenvalue weighted by molar-refractivity contribution is 6.32. The maximum atomic E-state index is 12.8. The lowest BCUT2D eigenvalue weighted by Gasteiger charge is -2.02. The van der Waals surface area contributed by atoms with E-state index in [1.807, 2.05) is 0 Å². The fourth-order valence-corrected chi connectivity index (χ4v) is 1.98. The number of hydrogen-bond donors (Lipinski definition) is 1. The number of aromatic carboxylic acids is 1. The van der Waals surface area contributed by atoms with Crippen LogP contribution in [0.4, 0.5) is 4.39 Å². The van der Waals surface area contributed by atoms with Crippen molar-refractivity contribution in [1.29, 1.82) is 0 Å². The van der Waals surface area contributed by atoms with Crippen LogP contribution in [0, 0.1) is 5.82 Å². The van der Waals surface area contributed by atoms with Crippen molar-refractivity contribution in [2.75, 3.05) is 0 Å². The Hall–Kier alpha value is -1.88. The van der Waals surface area contributed by atoms with Crippen molar-refractivity contribution in [2.24, 2.45) is 0 Å². The molecule has 0 unspecified atom stereocenters. The van der Waals surface area contributed by atoms with Gasteiger partial charge in [-0.05, 0) is 30.7 Å². The molecule has 4 nitrogen and oxygen atoms in total. The molecule has 0 spiro atoms. The molecule has 1 aromatic heterocycles. The quantitative estimate of drug-likeness (QED) is 0.931. The van der Waals surface area contributed by atoms with Crippen molar-refractivity contribution in [3.8, 4) is 5.69 Å². The van der Waals surface area contributed by atoms with E-state index in [0.717, 1.165) is 0 Å². The topological polar surface area (TPSA) is 55.1 Å². The number of benzene rings is 1. The Morgan fingerprint density at radius 1 is 1.44 bits per heavy atom. The third-order valence-corrected chi connectivity index (χ3v) is 2.87. The first-order chi connectivity index (χ1) is 8.54. The fourth-order valence-electron chi connectivity index (χ4n) is 1.65. The third kappa shape index (κ3) is 2.09. The molecule has 1 aromatic carbocycles. The molecule has 18 heavy (non-hydrogen) atoms. The number of carbonyl (C=O) groups is 1. The highest BCUT2D eigenvalue weighted by atomic mass is 35.5. The SMILES string of the molecule is CCc1nn(-c2ccc(F)cc2)c(Cl)c1C(=O)O. The van der Waals surface area contributed by atoms with Gasteiger partial charge in [0.25, 0.3) is 0 Å². The number of aromatic nitrogens is 2. The Morgan fingerprint density at radius 2 is 2.06 bits per heavy atom. The van der Waals surface area contributed by atoms with E-state index in [4.69, 9.17) is 16.7 Å². The molecule has 0 atom stereocenters. The summed E-state index contributed by atoms with van der Waals surface area (Å²) in [6.45, 7) is 1.79. The molecule has 0 aliphatic carbocycles. The number of hydrogen-bond acceptors (Lipinski definition) is 2. The van der Waals surface area contributed by atoms with E-state index in [2.05, 4.69) is 5.10 Å². The van der Waals surface area contributed by atoms with Crippen LogP contribution in [0.3, 0.4) is 0 Å². The van der Waals surface area contributed by atoms with Gasteiger partial charge in [0.15, 0.2) is 0 Å². The van der Waals surface area contributed by atoms with Crippen LogP contribution < -0.4 is 0 Å². The second-order valence-electron chi connectivity index (χ2n) is 3.66. The molecule has 0 amide bonds. The van der Waals surface area contributed by atoms with E-state index in [1.54, 1.807) is 6.92 Å². The maximum Gasteiger partial charge on any atom is 0.340 e. The highest BCUT2D eigenvalue weighted by Crippen LogP contribution is 2.24. The lowest BCUT2D eigenvalue weighted by atomic mass is 10.2. The van der Waals surface area contributed by atoms with Gasteiger partial charge in [0.1, 0.15) is 16.5 Å². The molecule has 1 N–H and O–H groups in total. The van der Waals surface area contributed by atoms with Gasteiger partial charge in [0.05, 0.1) is 11.4 Å². The lowest BCUT2D eigenvalue weighted by Crippen LogP contribution is -2.00. The Labute approximate surface area is 108 Å². The first-order valence-electron chi connectivity index (χ1n) is 5.31. The van der Waals surface area contributed by atoms with Gasteiger partial charge < -0.3 is 5.11 Å². The number of aryl methyl sites for hydroxylation is 1. The molecule has 0 saturated carbocycles. The van der Waals surface area contributed by atoms with Crippen molar-refractivity contribution in [2.45, 2.75) is 13.3 Å². The smallest absolute Gasteiger partial charge is 0.340 e. The standard InChI is InChI=1S/C12H10ClFN2O2/c1-2-9-10(12(17)18)11(13)16(15-9)8-5-3-7(14)4-6-8/h3-6H,2H2,1H3,(H,17,18).